The molecule has 0 atom stereocenters. The summed E-state index contributed by atoms with van der Waals surface area (Å²) in [6.07, 6.45) is 3.27. The highest BCUT2D eigenvalue weighted by Crippen LogP contribution is 2.09. The summed E-state index contributed by atoms with van der Waals surface area (Å²) < 4.78 is 0. The molecular formula is C13H18N2O2S. The molecule has 0 aliphatic heterocycles. The maximum absolute atomic E-state index is 11.4. The van der Waals surface area contributed by atoms with Crippen LogP contribution in [0.5, 0.6) is 0 Å². The lowest BCUT2D eigenvalue weighted by Gasteiger charge is -2.07. The zero-order chi connectivity index (χ0) is 13.4. The molecule has 0 aliphatic carbocycles. The molecule has 0 spiro atoms. The van der Waals surface area contributed by atoms with Crippen molar-refractivity contribution in [1.29, 1.82) is 0 Å². The van der Waals surface area contributed by atoms with Crippen molar-refractivity contribution in [2.75, 3.05) is 13.1 Å². The Hall–Kier alpha value is -1.62. The van der Waals surface area contributed by atoms with Crippen molar-refractivity contribution in [3.63, 3.8) is 0 Å². The van der Waals surface area contributed by atoms with Crippen LogP contribution >= 0.6 is 11.3 Å². The van der Waals surface area contributed by atoms with Gasteiger partial charge in [-0.25, -0.2) is 0 Å². The Balaban J connectivity index is 2.16. The third-order valence-electron chi connectivity index (χ3n) is 2.19. The van der Waals surface area contributed by atoms with E-state index in [9.17, 15) is 9.59 Å². The summed E-state index contributed by atoms with van der Waals surface area (Å²) in [5, 5.41) is 7.39. The first-order chi connectivity index (χ1) is 8.59. The topological polar surface area (TPSA) is 58.2 Å². The first kappa shape index (κ1) is 14.4. The van der Waals surface area contributed by atoms with Gasteiger partial charge in [-0.05, 0) is 17.5 Å². The molecule has 2 N–H and O–H groups in total. The molecule has 18 heavy (non-hydrogen) atoms. The van der Waals surface area contributed by atoms with Crippen LogP contribution in [0.2, 0.25) is 0 Å². The highest BCUT2D eigenvalue weighted by atomic mass is 32.1. The van der Waals surface area contributed by atoms with Crippen molar-refractivity contribution in [2.24, 2.45) is 5.92 Å². The molecule has 1 aromatic rings. The Labute approximate surface area is 111 Å². The van der Waals surface area contributed by atoms with Gasteiger partial charge in [0.15, 0.2) is 0 Å². The van der Waals surface area contributed by atoms with Crippen LogP contribution in [-0.2, 0) is 9.59 Å². The van der Waals surface area contributed by atoms with E-state index in [1.807, 2.05) is 31.4 Å². The number of carbonyl (C=O) groups is 2. The van der Waals surface area contributed by atoms with E-state index in [4.69, 9.17) is 0 Å². The van der Waals surface area contributed by atoms with E-state index in [0.29, 0.717) is 13.1 Å². The molecule has 1 aromatic heterocycles. The fourth-order valence-corrected chi connectivity index (χ4v) is 1.80. The van der Waals surface area contributed by atoms with E-state index in [-0.39, 0.29) is 17.7 Å². The first-order valence-corrected chi connectivity index (χ1v) is 6.74. The lowest BCUT2D eigenvalue weighted by Crippen LogP contribution is -2.35. The highest BCUT2D eigenvalue weighted by Gasteiger charge is 2.04. The van der Waals surface area contributed by atoms with Crippen LogP contribution in [0.25, 0.3) is 6.08 Å². The van der Waals surface area contributed by atoms with Crippen molar-refractivity contribution in [3.05, 3.63) is 28.5 Å². The molecule has 4 nitrogen and oxygen atoms in total. The van der Waals surface area contributed by atoms with Gasteiger partial charge in [-0.15, -0.1) is 11.3 Å². The second kappa shape index (κ2) is 7.66. The SMILES string of the molecule is CC(C)C(=O)NCCNC(=O)C=Cc1cccs1. The van der Waals surface area contributed by atoms with Crippen LogP contribution in [0.15, 0.2) is 23.6 Å². The number of thiophene rings is 1. The molecule has 1 heterocycles. The van der Waals surface area contributed by atoms with Crippen molar-refractivity contribution < 1.29 is 9.59 Å². The summed E-state index contributed by atoms with van der Waals surface area (Å²) >= 11 is 1.58. The zero-order valence-electron chi connectivity index (χ0n) is 10.6. The van der Waals surface area contributed by atoms with Gasteiger partial charge in [0, 0.05) is 30.0 Å². The Bertz CT molecular complexity index is 411. The molecule has 0 unspecified atom stereocenters. The Morgan fingerprint density at radius 1 is 1.33 bits per heavy atom. The largest absolute Gasteiger partial charge is 0.354 e. The smallest absolute Gasteiger partial charge is 0.244 e. The van der Waals surface area contributed by atoms with Crippen LogP contribution in [0.3, 0.4) is 0 Å². The van der Waals surface area contributed by atoms with Gasteiger partial charge in [0.05, 0.1) is 0 Å². The monoisotopic (exact) mass is 266 g/mol. The van der Waals surface area contributed by atoms with Gasteiger partial charge in [-0.2, -0.15) is 0 Å². The number of rotatable bonds is 6. The van der Waals surface area contributed by atoms with Crippen molar-refractivity contribution in [2.45, 2.75) is 13.8 Å². The van der Waals surface area contributed by atoms with Gasteiger partial charge in [0.2, 0.25) is 11.8 Å². The second-order valence-corrected chi connectivity index (χ2v) is 5.06. The quantitative estimate of drug-likeness (QED) is 0.607. The predicted octanol–water partition coefficient (Wildman–Crippen LogP) is 1.65. The third kappa shape index (κ3) is 5.63. The normalized spacial score (nSPS) is 10.8. The predicted molar refractivity (Wildman–Crippen MR) is 74.2 cm³/mol. The summed E-state index contributed by atoms with van der Waals surface area (Å²) in [5.74, 6) is -0.181. The molecule has 0 radical (unpaired) electrons. The lowest BCUT2D eigenvalue weighted by molar-refractivity contribution is -0.124. The van der Waals surface area contributed by atoms with Crippen LogP contribution < -0.4 is 10.6 Å². The zero-order valence-corrected chi connectivity index (χ0v) is 11.4. The van der Waals surface area contributed by atoms with E-state index >= 15 is 0 Å². The number of hydrogen-bond acceptors (Lipinski definition) is 3. The fraction of sp³-hybridized carbons (Fsp3) is 0.385. The molecule has 5 heteroatoms. The average Bonchev–Trinajstić information content (AvgIpc) is 2.84. The lowest BCUT2D eigenvalue weighted by atomic mass is 10.2. The van der Waals surface area contributed by atoms with Gasteiger partial charge in [0.25, 0.3) is 0 Å². The van der Waals surface area contributed by atoms with E-state index in [1.54, 1.807) is 17.4 Å². The van der Waals surface area contributed by atoms with E-state index in [0.717, 1.165) is 4.88 Å². The van der Waals surface area contributed by atoms with E-state index < -0.39 is 0 Å². The number of carbonyl (C=O) groups excluding carboxylic acids is 2. The summed E-state index contributed by atoms with van der Waals surface area (Å²) in [6.45, 7) is 4.55. The van der Waals surface area contributed by atoms with Crippen molar-refractivity contribution in [1.82, 2.24) is 10.6 Å². The Morgan fingerprint density at radius 3 is 2.67 bits per heavy atom. The van der Waals surface area contributed by atoms with Gasteiger partial charge >= 0.3 is 0 Å². The van der Waals surface area contributed by atoms with Crippen molar-refractivity contribution in [3.8, 4) is 0 Å². The van der Waals surface area contributed by atoms with Crippen LogP contribution in [0.4, 0.5) is 0 Å². The van der Waals surface area contributed by atoms with Crippen LogP contribution in [-0.4, -0.2) is 24.9 Å². The summed E-state index contributed by atoms with van der Waals surface area (Å²) in [5.41, 5.74) is 0. The number of hydrogen-bond donors (Lipinski definition) is 2. The molecule has 98 valence electrons. The molecule has 1 rings (SSSR count). The van der Waals surface area contributed by atoms with Crippen LogP contribution in [0.1, 0.15) is 18.7 Å². The van der Waals surface area contributed by atoms with Crippen molar-refractivity contribution >= 4 is 29.2 Å². The molecule has 0 saturated heterocycles. The minimum Gasteiger partial charge on any atom is -0.354 e. The van der Waals surface area contributed by atoms with Gasteiger partial charge in [-0.1, -0.05) is 19.9 Å². The second-order valence-electron chi connectivity index (χ2n) is 4.09. The summed E-state index contributed by atoms with van der Waals surface area (Å²) in [4.78, 5) is 23.7. The van der Waals surface area contributed by atoms with Crippen LogP contribution in [0, 0.1) is 5.92 Å². The molecule has 2 amide bonds. The molecule has 0 fully saturated rings. The molecule has 0 aliphatic rings. The summed E-state index contributed by atoms with van der Waals surface area (Å²) in [6, 6.07) is 3.88. The molecular weight excluding hydrogens is 248 g/mol. The first-order valence-electron chi connectivity index (χ1n) is 5.86. The Morgan fingerprint density at radius 2 is 2.06 bits per heavy atom. The highest BCUT2D eigenvalue weighted by molar-refractivity contribution is 7.10. The Kier molecular flexibility index (Phi) is 6.14. The maximum atomic E-state index is 11.4. The molecule has 0 bridgehead atoms. The van der Waals surface area contributed by atoms with E-state index in [2.05, 4.69) is 10.6 Å². The molecule has 0 saturated carbocycles. The number of amides is 2. The number of nitrogens with one attached hydrogen (secondary N) is 2. The van der Waals surface area contributed by atoms with Gasteiger partial charge in [-0.3, -0.25) is 9.59 Å². The summed E-state index contributed by atoms with van der Waals surface area (Å²) in [7, 11) is 0. The van der Waals surface area contributed by atoms with E-state index in [1.165, 1.54) is 6.08 Å². The van der Waals surface area contributed by atoms with Gasteiger partial charge < -0.3 is 10.6 Å². The minimum atomic E-state index is -0.151. The standard InChI is InChI=1S/C13H18N2O2S/c1-10(2)13(17)15-8-7-14-12(16)6-5-11-4-3-9-18-11/h3-6,9-10H,7-8H2,1-2H3,(H,14,16)(H,15,17). The average molecular weight is 266 g/mol. The molecule has 0 aromatic carbocycles. The third-order valence-corrected chi connectivity index (χ3v) is 3.03. The minimum absolute atomic E-state index is 0.00150. The van der Waals surface area contributed by atoms with Gasteiger partial charge in [0.1, 0.15) is 0 Å². The fourth-order valence-electron chi connectivity index (χ4n) is 1.18. The maximum Gasteiger partial charge on any atom is 0.244 e.